The Bertz CT molecular complexity index is 1300. The third kappa shape index (κ3) is 7.94. The Hall–Kier alpha value is -4.12. The molecule has 0 saturated carbocycles. The number of methoxy groups -OCH3 is 1. The number of amides is 1. The molecule has 0 fully saturated rings. The Labute approximate surface area is 210 Å². The van der Waals surface area contributed by atoms with E-state index in [9.17, 15) is 27.6 Å². The molecule has 3 N–H and O–H groups in total. The highest BCUT2D eigenvalue weighted by Crippen LogP contribution is 2.23. The minimum atomic E-state index is -4.79. The average molecular weight is 518 g/mol. The summed E-state index contributed by atoms with van der Waals surface area (Å²) in [6, 6.07) is 12.9. The molecule has 0 spiro atoms. The van der Waals surface area contributed by atoms with E-state index >= 15 is 0 Å². The molecule has 1 amide bonds. The summed E-state index contributed by atoms with van der Waals surface area (Å²) in [6.07, 6.45) is -2.92. The summed E-state index contributed by atoms with van der Waals surface area (Å²) in [7, 11) is 1.31. The van der Waals surface area contributed by atoms with Crippen molar-refractivity contribution in [1.29, 1.82) is 0 Å². The van der Waals surface area contributed by atoms with Crippen LogP contribution in [0.2, 0.25) is 0 Å². The van der Waals surface area contributed by atoms with Crippen LogP contribution >= 0.6 is 0 Å². The fourth-order valence-corrected chi connectivity index (χ4v) is 3.53. The zero-order chi connectivity index (χ0) is 27.2. The fraction of sp³-hybridized carbons (Fsp3) is 0.269. The number of rotatable bonds is 9. The number of alkyl halides is 3. The molecule has 3 rings (SSSR count). The minimum absolute atomic E-state index is 0.0633. The van der Waals surface area contributed by atoms with Crippen molar-refractivity contribution in [2.24, 2.45) is 5.73 Å². The van der Waals surface area contributed by atoms with Crippen LogP contribution in [0.25, 0.3) is 0 Å². The first-order chi connectivity index (χ1) is 17.4. The number of pyridine rings is 1. The maximum Gasteiger partial charge on any atom is 0.573 e. The number of carbonyl (C=O) groups excluding carboxylic acids is 2. The SMILES string of the molecule is COC(=O)Cc1ccc(C[C@H](N)C(=O)Nc2c(C)ccn(Cc3ccc(OC(F)(F)F)cc3)c2=O)cc1. The molecule has 37 heavy (non-hydrogen) atoms. The molecule has 0 unspecified atom stereocenters. The van der Waals surface area contributed by atoms with Crippen LogP contribution in [-0.4, -0.2) is 36.0 Å². The summed E-state index contributed by atoms with van der Waals surface area (Å²) in [4.78, 5) is 37.1. The Morgan fingerprint density at radius 1 is 1.00 bits per heavy atom. The van der Waals surface area contributed by atoms with Crippen molar-refractivity contribution in [3.8, 4) is 5.75 Å². The van der Waals surface area contributed by atoms with Gasteiger partial charge in [0.2, 0.25) is 5.91 Å². The van der Waals surface area contributed by atoms with E-state index < -0.39 is 23.9 Å². The highest BCUT2D eigenvalue weighted by molar-refractivity contribution is 5.95. The van der Waals surface area contributed by atoms with Gasteiger partial charge in [-0.15, -0.1) is 13.2 Å². The zero-order valence-electron chi connectivity index (χ0n) is 20.2. The third-order valence-corrected chi connectivity index (χ3v) is 5.52. The van der Waals surface area contributed by atoms with E-state index in [0.29, 0.717) is 11.1 Å². The van der Waals surface area contributed by atoms with Gasteiger partial charge in [0.15, 0.2) is 0 Å². The first-order valence-corrected chi connectivity index (χ1v) is 11.2. The van der Waals surface area contributed by atoms with Crippen LogP contribution in [-0.2, 0) is 33.7 Å². The van der Waals surface area contributed by atoms with E-state index in [0.717, 1.165) is 23.3 Å². The lowest BCUT2D eigenvalue weighted by Gasteiger charge is -2.15. The van der Waals surface area contributed by atoms with Gasteiger partial charge in [0, 0.05) is 6.20 Å². The first kappa shape index (κ1) is 27.5. The molecule has 1 heterocycles. The molecule has 0 aliphatic carbocycles. The summed E-state index contributed by atoms with van der Waals surface area (Å²) in [5.41, 5.74) is 8.28. The number of aromatic nitrogens is 1. The average Bonchev–Trinajstić information content (AvgIpc) is 2.84. The highest BCUT2D eigenvalue weighted by Gasteiger charge is 2.31. The molecule has 0 saturated heterocycles. The van der Waals surface area contributed by atoms with Gasteiger partial charge < -0.3 is 25.1 Å². The zero-order valence-corrected chi connectivity index (χ0v) is 20.2. The number of nitrogens with two attached hydrogens (primary N) is 1. The summed E-state index contributed by atoms with van der Waals surface area (Å²) in [5, 5.41) is 2.60. The van der Waals surface area contributed by atoms with Crippen LogP contribution < -0.4 is 21.3 Å². The molecule has 196 valence electrons. The Morgan fingerprint density at radius 3 is 2.19 bits per heavy atom. The van der Waals surface area contributed by atoms with Crippen LogP contribution in [0.15, 0.2) is 65.6 Å². The summed E-state index contributed by atoms with van der Waals surface area (Å²) in [5.74, 6) is -1.28. The molecular weight excluding hydrogens is 491 g/mol. The predicted octanol–water partition coefficient (Wildman–Crippen LogP) is 3.33. The number of benzene rings is 2. The van der Waals surface area contributed by atoms with Gasteiger partial charge in [-0.05, 0) is 53.8 Å². The van der Waals surface area contributed by atoms with Gasteiger partial charge >= 0.3 is 12.3 Å². The monoisotopic (exact) mass is 517 g/mol. The second kappa shape index (κ2) is 11.7. The first-order valence-electron chi connectivity index (χ1n) is 11.2. The number of ether oxygens (including phenoxy) is 2. The number of anilines is 1. The lowest BCUT2D eigenvalue weighted by molar-refractivity contribution is -0.274. The van der Waals surface area contributed by atoms with Gasteiger partial charge in [-0.2, -0.15) is 0 Å². The van der Waals surface area contributed by atoms with Crippen LogP contribution in [0.3, 0.4) is 0 Å². The number of hydrogen-bond donors (Lipinski definition) is 2. The van der Waals surface area contributed by atoms with Crippen molar-refractivity contribution in [3.63, 3.8) is 0 Å². The lowest BCUT2D eigenvalue weighted by Crippen LogP contribution is -2.39. The van der Waals surface area contributed by atoms with E-state index in [1.165, 1.54) is 30.0 Å². The normalized spacial score (nSPS) is 12.1. The number of halogens is 3. The van der Waals surface area contributed by atoms with Crippen LogP contribution in [0.1, 0.15) is 22.3 Å². The van der Waals surface area contributed by atoms with Crippen LogP contribution in [0.4, 0.5) is 18.9 Å². The topological polar surface area (TPSA) is 113 Å². The molecular formula is C26H26F3N3O5. The minimum Gasteiger partial charge on any atom is -0.469 e. The lowest BCUT2D eigenvalue weighted by atomic mass is 10.0. The fourth-order valence-electron chi connectivity index (χ4n) is 3.53. The number of carbonyl (C=O) groups is 2. The van der Waals surface area contributed by atoms with Crippen LogP contribution in [0, 0.1) is 6.92 Å². The Balaban J connectivity index is 1.67. The van der Waals surface area contributed by atoms with Crippen molar-refractivity contribution < 1.29 is 32.2 Å². The van der Waals surface area contributed by atoms with Gasteiger partial charge in [-0.1, -0.05) is 36.4 Å². The molecule has 0 aliphatic heterocycles. The van der Waals surface area contributed by atoms with Crippen molar-refractivity contribution in [2.75, 3.05) is 12.4 Å². The van der Waals surface area contributed by atoms with Gasteiger partial charge in [0.05, 0.1) is 26.1 Å². The Morgan fingerprint density at radius 2 is 1.59 bits per heavy atom. The maximum atomic E-state index is 13.0. The van der Waals surface area contributed by atoms with E-state index in [1.54, 1.807) is 37.3 Å². The molecule has 0 bridgehead atoms. The van der Waals surface area contributed by atoms with Crippen molar-refractivity contribution in [1.82, 2.24) is 4.57 Å². The van der Waals surface area contributed by atoms with Crippen molar-refractivity contribution >= 4 is 17.6 Å². The van der Waals surface area contributed by atoms with E-state index in [-0.39, 0.29) is 36.8 Å². The van der Waals surface area contributed by atoms with Gasteiger partial charge in [0.25, 0.3) is 5.56 Å². The molecule has 1 aromatic heterocycles. The summed E-state index contributed by atoms with van der Waals surface area (Å²) < 4.78 is 46.9. The summed E-state index contributed by atoms with van der Waals surface area (Å²) >= 11 is 0. The number of aryl methyl sites for hydroxylation is 1. The van der Waals surface area contributed by atoms with Crippen molar-refractivity contribution in [3.05, 3.63) is 93.4 Å². The standard InChI is InChI=1S/C26H26F3N3O5/c1-16-11-12-32(15-19-7-9-20(10-8-19)37-26(27,28)29)25(35)23(16)31-24(34)21(30)13-17-3-5-18(6-4-17)14-22(33)36-2/h3-12,21H,13-15,30H2,1-2H3,(H,31,34)/t21-/m0/s1. The largest absolute Gasteiger partial charge is 0.573 e. The molecule has 11 heteroatoms. The number of nitrogens with one attached hydrogen (secondary N) is 1. The molecule has 2 aromatic carbocycles. The molecule has 0 aliphatic rings. The highest BCUT2D eigenvalue weighted by atomic mass is 19.4. The molecule has 1 atom stereocenters. The predicted molar refractivity (Wildman–Crippen MR) is 130 cm³/mol. The quantitative estimate of drug-likeness (QED) is 0.421. The molecule has 0 radical (unpaired) electrons. The van der Waals surface area contributed by atoms with Gasteiger partial charge in [-0.3, -0.25) is 14.4 Å². The third-order valence-electron chi connectivity index (χ3n) is 5.52. The van der Waals surface area contributed by atoms with Crippen LogP contribution in [0.5, 0.6) is 5.75 Å². The van der Waals surface area contributed by atoms with Gasteiger partial charge in [0.1, 0.15) is 11.4 Å². The van der Waals surface area contributed by atoms with E-state index in [4.69, 9.17) is 5.73 Å². The maximum absolute atomic E-state index is 13.0. The number of esters is 1. The number of hydrogen-bond acceptors (Lipinski definition) is 6. The summed E-state index contributed by atoms with van der Waals surface area (Å²) in [6.45, 7) is 1.73. The second-order valence-corrected chi connectivity index (χ2v) is 8.37. The molecule has 8 nitrogen and oxygen atoms in total. The number of nitrogens with zero attached hydrogens (tertiary/aromatic N) is 1. The molecule has 3 aromatic rings. The second-order valence-electron chi connectivity index (χ2n) is 8.37. The van der Waals surface area contributed by atoms with E-state index in [2.05, 4.69) is 14.8 Å². The smallest absolute Gasteiger partial charge is 0.469 e. The van der Waals surface area contributed by atoms with Gasteiger partial charge in [-0.25, -0.2) is 0 Å². The van der Waals surface area contributed by atoms with Crippen molar-refractivity contribution in [2.45, 2.75) is 38.7 Å². The Kier molecular flexibility index (Phi) is 8.72. The van der Waals surface area contributed by atoms with E-state index in [1.807, 2.05) is 0 Å².